The van der Waals surface area contributed by atoms with E-state index < -0.39 is 0 Å². The Kier molecular flexibility index (Phi) is 13.0. The third kappa shape index (κ3) is 13.5. The summed E-state index contributed by atoms with van der Waals surface area (Å²) >= 11 is 0. The standard InChI is InChI=1S/C12H16O.C11H22O/c1-10(2)8-12(13)9-11-6-4-3-5-7-11;1-5-10(6-2)8-11(12)7-9(3)4/h3-7,10H,8-9H2,1-2H3;9-10H,5-8H2,1-4H3. The quantitative estimate of drug-likeness (QED) is 0.500. The van der Waals surface area contributed by atoms with Crippen molar-refractivity contribution in [2.45, 2.75) is 80.1 Å². The van der Waals surface area contributed by atoms with Crippen LogP contribution in [0.4, 0.5) is 0 Å². The molecule has 0 aliphatic heterocycles. The topological polar surface area (TPSA) is 34.1 Å². The Labute approximate surface area is 155 Å². The van der Waals surface area contributed by atoms with Gasteiger partial charge in [0.2, 0.25) is 0 Å². The second-order valence-electron chi connectivity index (χ2n) is 7.82. The third-order valence-corrected chi connectivity index (χ3v) is 4.19. The van der Waals surface area contributed by atoms with Crippen LogP contribution in [-0.2, 0) is 16.0 Å². The number of rotatable bonds is 10. The molecule has 1 rings (SSSR count). The number of carbonyl (C=O) groups is 2. The van der Waals surface area contributed by atoms with Crippen LogP contribution in [0.1, 0.15) is 79.2 Å². The van der Waals surface area contributed by atoms with Gasteiger partial charge in [0.25, 0.3) is 0 Å². The Balaban J connectivity index is 0.000000463. The summed E-state index contributed by atoms with van der Waals surface area (Å²) in [5.41, 5.74) is 1.12. The normalized spacial score (nSPS) is 10.8. The van der Waals surface area contributed by atoms with Crippen molar-refractivity contribution in [1.29, 1.82) is 0 Å². The first-order valence-corrected chi connectivity index (χ1v) is 9.85. The molecule has 2 nitrogen and oxygen atoms in total. The largest absolute Gasteiger partial charge is 0.300 e. The van der Waals surface area contributed by atoms with Crippen molar-refractivity contribution in [3.05, 3.63) is 35.9 Å². The lowest BCUT2D eigenvalue weighted by atomic mass is 9.93. The zero-order valence-corrected chi connectivity index (χ0v) is 17.2. The van der Waals surface area contributed by atoms with Gasteiger partial charge in [0, 0.05) is 25.7 Å². The molecular formula is C23H38O2. The van der Waals surface area contributed by atoms with Gasteiger partial charge in [0.1, 0.15) is 11.6 Å². The van der Waals surface area contributed by atoms with Crippen LogP contribution in [0.2, 0.25) is 0 Å². The summed E-state index contributed by atoms with van der Waals surface area (Å²) in [4.78, 5) is 22.8. The first-order chi connectivity index (χ1) is 11.8. The summed E-state index contributed by atoms with van der Waals surface area (Å²) in [7, 11) is 0. The minimum atomic E-state index is 0.334. The maximum atomic E-state index is 11.4. The second kappa shape index (κ2) is 13.8. The summed E-state index contributed by atoms with van der Waals surface area (Å²) in [5.74, 6) is 2.39. The van der Waals surface area contributed by atoms with Gasteiger partial charge in [-0.3, -0.25) is 9.59 Å². The van der Waals surface area contributed by atoms with Crippen molar-refractivity contribution in [3.63, 3.8) is 0 Å². The van der Waals surface area contributed by atoms with Gasteiger partial charge in [0.15, 0.2) is 0 Å². The molecule has 0 aromatic heterocycles. The summed E-state index contributed by atoms with van der Waals surface area (Å²) in [6.07, 6.45) is 5.11. The highest BCUT2D eigenvalue weighted by molar-refractivity contribution is 5.81. The van der Waals surface area contributed by atoms with Gasteiger partial charge in [0.05, 0.1) is 0 Å². The Morgan fingerprint density at radius 2 is 1.24 bits per heavy atom. The highest BCUT2D eigenvalue weighted by Gasteiger charge is 2.11. The van der Waals surface area contributed by atoms with Gasteiger partial charge in [-0.15, -0.1) is 0 Å². The molecule has 2 heteroatoms. The summed E-state index contributed by atoms with van der Waals surface area (Å²) < 4.78 is 0. The van der Waals surface area contributed by atoms with Crippen molar-refractivity contribution in [2.24, 2.45) is 17.8 Å². The van der Waals surface area contributed by atoms with E-state index in [9.17, 15) is 9.59 Å². The molecule has 0 spiro atoms. The van der Waals surface area contributed by atoms with Gasteiger partial charge in [-0.25, -0.2) is 0 Å². The van der Waals surface area contributed by atoms with Crippen LogP contribution in [0.25, 0.3) is 0 Å². The summed E-state index contributed by atoms with van der Waals surface area (Å²) in [5, 5.41) is 0. The van der Waals surface area contributed by atoms with E-state index in [-0.39, 0.29) is 0 Å². The predicted octanol–water partition coefficient (Wildman–Crippen LogP) is 6.27. The minimum absolute atomic E-state index is 0.334. The van der Waals surface area contributed by atoms with Crippen LogP contribution in [0, 0.1) is 17.8 Å². The van der Waals surface area contributed by atoms with E-state index in [4.69, 9.17) is 0 Å². The van der Waals surface area contributed by atoms with Gasteiger partial charge in [-0.2, -0.15) is 0 Å². The van der Waals surface area contributed by atoms with Crippen molar-refractivity contribution >= 4 is 11.6 Å². The van der Waals surface area contributed by atoms with Gasteiger partial charge in [-0.1, -0.05) is 84.7 Å². The molecule has 142 valence electrons. The maximum absolute atomic E-state index is 11.4. The van der Waals surface area contributed by atoms with Crippen LogP contribution >= 0.6 is 0 Å². The maximum Gasteiger partial charge on any atom is 0.137 e. The highest BCUT2D eigenvalue weighted by atomic mass is 16.1. The monoisotopic (exact) mass is 346 g/mol. The van der Waals surface area contributed by atoms with Crippen LogP contribution in [-0.4, -0.2) is 11.6 Å². The number of hydrogen-bond donors (Lipinski definition) is 0. The van der Waals surface area contributed by atoms with Crippen LogP contribution < -0.4 is 0 Å². The molecule has 0 saturated carbocycles. The molecule has 0 bridgehead atoms. The number of carbonyl (C=O) groups excluding carboxylic acids is 2. The van der Waals surface area contributed by atoms with E-state index in [1.807, 2.05) is 30.3 Å². The summed E-state index contributed by atoms with van der Waals surface area (Å²) in [6, 6.07) is 9.91. The predicted molar refractivity (Wildman–Crippen MR) is 108 cm³/mol. The number of Topliss-reactive ketones (excluding diaryl/α,β-unsaturated/α-hetero) is 2. The van der Waals surface area contributed by atoms with Crippen molar-refractivity contribution < 1.29 is 9.59 Å². The van der Waals surface area contributed by atoms with E-state index in [0.29, 0.717) is 42.2 Å². The molecule has 0 unspecified atom stereocenters. The van der Waals surface area contributed by atoms with Crippen LogP contribution in [0.5, 0.6) is 0 Å². The Bertz CT molecular complexity index is 470. The molecule has 0 atom stereocenters. The smallest absolute Gasteiger partial charge is 0.137 e. The lowest BCUT2D eigenvalue weighted by Gasteiger charge is -2.11. The molecular weight excluding hydrogens is 308 g/mol. The molecule has 25 heavy (non-hydrogen) atoms. The first-order valence-electron chi connectivity index (χ1n) is 9.85. The van der Waals surface area contributed by atoms with Crippen molar-refractivity contribution in [2.75, 3.05) is 0 Å². The Hall–Kier alpha value is -1.44. The lowest BCUT2D eigenvalue weighted by molar-refractivity contribution is -0.121. The zero-order chi connectivity index (χ0) is 19.2. The minimum Gasteiger partial charge on any atom is -0.300 e. The zero-order valence-electron chi connectivity index (χ0n) is 17.2. The van der Waals surface area contributed by atoms with Crippen LogP contribution in [0.15, 0.2) is 30.3 Å². The Morgan fingerprint density at radius 3 is 1.68 bits per heavy atom. The number of ketones is 2. The van der Waals surface area contributed by atoms with Gasteiger partial charge >= 0.3 is 0 Å². The van der Waals surface area contributed by atoms with Crippen molar-refractivity contribution in [1.82, 2.24) is 0 Å². The molecule has 0 aliphatic carbocycles. The fraction of sp³-hybridized carbons (Fsp3) is 0.652. The molecule has 0 radical (unpaired) electrons. The SMILES string of the molecule is CC(C)CC(=O)Cc1ccccc1.CCC(CC)CC(=O)CC(C)C. The molecule has 0 fully saturated rings. The van der Waals surface area contributed by atoms with E-state index in [1.165, 1.54) is 0 Å². The highest BCUT2D eigenvalue weighted by Crippen LogP contribution is 2.15. The fourth-order valence-corrected chi connectivity index (χ4v) is 2.79. The van der Waals surface area contributed by atoms with Gasteiger partial charge < -0.3 is 0 Å². The molecule has 0 N–H and O–H groups in total. The molecule has 1 aromatic carbocycles. The third-order valence-electron chi connectivity index (χ3n) is 4.19. The number of benzene rings is 1. The van der Waals surface area contributed by atoms with E-state index in [2.05, 4.69) is 41.5 Å². The van der Waals surface area contributed by atoms with Gasteiger partial charge in [-0.05, 0) is 23.3 Å². The van der Waals surface area contributed by atoms with E-state index in [1.54, 1.807) is 0 Å². The Morgan fingerprint density at radius 1 is 0.760 bits per heavy atom. The molecule has 1 aromatic rings. The van der Waals surface area contributed by atoms with Crippen LogP contribution in [0.3, 0.4) is 0 Å². The fourth-order valence-electron chi connectivity index (χ4n) is 2.79. The average Bonchev–Trinajstić information content (AvgIpc) is 2.52. The first kappa shape index (κ1) is 23.6. The second-order valence-corrected chi connectivity index (χ2v) is 7.82. The molecule has 0 aliphatic rings. The number of hydrogen-bond acceptors (Lipinski definition) is 2. The average molecular weight is 347 g/mol. The summed E-state index contributed by atoms with van der Waals surface area (Å²) in [6.45, 7) is 12.7. The lowest BCUT2D eigenvalue weighted by Crippen LogP contribution is -2.09. The molecule has 0 amide bonds. The van der Waals surface area contributed by atoms with Crippen molar-refractivity contribution in [3.8, 4) is 0 Å². The van der Waals surface area contributed by atoms with E-state index >= 15 is 0 Å². The molecule has 0 heterocycles. The van der Waals surface area contributed by atoms with E-state index in [0.717, 1.165) is 31.2 Å². The molecule has 0 saturated heterocycles.